The van der Waals surface area contributed by atoms with Crippen molar-refractivity contribution < 1.29 is 9.18 Å². The third kappa shape index (κ3) is 5.87. The monoisotopic (exact) mass is 380 g/mol. The molecule has 1 unspecified atom stereocenters. The number of hydrogen-bond donors (Lipinski definition) is 2. The van der Waals surface area contributed by atoms with Crippen molar-refractivity contribution in [1.29, 1.82) is 0 Å². The highest BCUT2D eigenvalue weighted by molar-refractivity contribution is 6.07. The highest BCUT2D eigenvalue weighted by atomic mass is 19.1. The minimum Gasteiger partial charge on any atom is -0.353 e. The molecule has 0 bridgehead atoms. The maximum Gasteiger partial charge on any atom is 0.257 e. The van der Waals surface area contributed by atoms with E-state index in [1.807, 2.05) is 6.92 Å². The highest BCUT2D eigenvalue weighted by Crippen LogP contribution is 2.25. The van der Waals surface area contributed by atoms with Crippen LogP contribution in [0.4, 0.5) is 21.5 Å². The quantitative estimate of drug-likeness (QED) is 0.362. The molecular formula is C22H25FN4O. The summed E-state index contributed by atoms with van der Waals surface area (Å²) in [6, 6.07) is 7.60. The van der Waals surface area contributed by atoms with Crippen LogP contribution in [0.3, 0.4) is 0 Å². The molecule has 2 N–H and O–H groups in total. The Morgan fingerprint density at radius 1 is 1.29 bits per heavy atom. The van der Waals surface area contributed by atoms with Crippen LogP contribution in [0.2, 0.25) is 0 Å². The van der Waals surface area contributed by atoms with E-state index in [4.69, 9.17) is 0 Å². The molecule has 1 aromatic carbocycles. The minimum atomic E-state index is -0.330. The van der Waals surface area contributed by atoms with Gasteiger partial charge in [-0.1, -0.05) is 26.5 Å². The SMILES string of the molecule is C=C/C(=C\N=C(C)C(C)CC)C(=O)Nc1ccncc1Nc1ccc(F)cc1. The van der Waals surface area contributed by atoms with E-state index in [1.165, 1.54) is 24.4 Å². The molecule has 0 fully saturated rings. The largest absolute Gasteiger partial charge is 0.353 e. The molecule has 0 spiro atoms. The molecule has 2 aromatic rings. The molecule has 28 heavy (non-hydrogen) atoms. The molecule has 0 radical (unpaired) electrons. The lowest BCUT2D eigenvalue weighted by Crippen LogP contribution is -2.14. The fourth-order valence-electron chi connectivity index (χ4n) is 2.28. The average Bonchev–Trinajstić information content (AvgIpc) is 2.70. The number of benzene rings is 1. The minimum absolute atomic E-state index is 0.320. The summed E-state index contributed by atoms with van der Waals surface area (Å²) < 4.78 is 13.1. The third-order valence-corrected chi connectivity index (χ3v) is 4.41. The first-order valence-electron chi connectivity index (χ1n) is 9.09. The van der Waals surface area contributed by atoms with Gasteiger partial charge in [-0.05, 0) is 49.6 Å². The van der Waals surface area contributed by atoms with Crippen molar-refractivity contribution in [2.45, 2.75) is 27.2 Å². The molecule has 2 rings (SSSR count). The van der Waals surface area contributed by atoms with Gasteiger partial charge in [-0.25, -0.2) is 4.39 Å². The zero-order chi connectivity index (χ0) is 20.5. The number of aliphatic imine (C=N–C) groups is 1. The van der Waals surface area contributed by atoms with Crippen molar-refractivity contribution in [3.63, 3.8) is 0 Å². The lowest BCUT2D eigenvalue weighted by Gasteiger charge is -2.13. The van der Waals surface area contributed by atoms with Gasteiger partial charge in [0.05, 0.1) is 23.1 Å². The van der Waals surface area contributed by atoms with Gasteiger partial charge in [0.15, 0.2) is 0 Å². The summed E-state index contributed by atoms with van der Waals surface area (Å²) in [7, 11) is 0. The molecule has 5 nitrogen and oxygen atoms in total. The molecule has 0 saturated heterocycles. The summed E-state index contributed by atoms with van der Waals surface area (Å²) in [5, 5.41) is 5.95. The Balaban J connectivity index is 2.18. The van der Waals surface area contributed by atoms with Crippen molar-refractivity contribution in [3.8, 4) is 0 Å². The number of hydrogen-bond acceptors (Lipinski definition) is 4. The molecule has 0 aliphatic heterocycles. The normalized spacial score (nSPS) is 13.0. The smallest absolute Gasteiger partial charge is 0.257 e. The summed E-state index contributed by atoms with van der Waals surface area (Å²) in [6.07, 6.45) is 7.14. The van der Waals surface area contributed by atoms with Crippen molar-refractivity contribution in [3.05, 3.63) is 73.0 Å². The Hall–Kier alpha value is -3.28. The maximum atomic E-state index is 13.1. The first kappa shape index (κ1) is 21.0. The van der Waals surface area contributed by atoms with Gasteiger partial charge in [0.25, 0.3) is 5.91 Å². The summed E-state index contributed by atoms with van der Waals surface area (Å²) in [5.41, 5.74) is 3.12. The second-order valence-electron chi connectivity index (χ2n) is 6.38. The Morgan fingerprint density at radius 3 is 2.64 bits per heavy atom. The number of carbonyl (C=O) groups excluding carboxylic acids is 1. The van der Waals surface area contributed by atoms with E-state index >= 15 is 0 Å². The van der Waals surface area contributed by atoms with Crippen molar-refractivity contribution >= 4 is 28.7 Å². The van der Waals surface area contributed by atoms with Gasteiger partial charge >= 0.3 is 0 Å². The number of nitrogens with one attached hydrogen (secondary N) is 2. The van der Waals surface area contributed by atoms with Crippen LogP contribution in [-0.2, 0) is 4.79 Å². The predicted octanol–water partition coefficient (Wildman–Crippen LogP) is 5.48. The van der Waals surface area contributed by atoms with E-state index in [2.05, 4.69) is 41.0 Å². The van der Waals surface area contributed by atoms with Crippen LogP contribution in [0.1, 0.15) is 27.2 Å². The van der Waals surface area contributed by atoms with Gasteiger partial charge in [0.1, 0.15) is 5.82 Å². The molecule has 1 amide bonds. The van der Waals surface area contributed by atoms with Crippen LogP contribution in [0.5, 0.6) is 0 Å². The Kier molecular flexibility index (Phi) is 7.63. The Morgan fingerprint density at radius 2 is 2.00 bits per heavy atom. The van der Waals surface area contributed by atoms with Crippen LogP contribution in [0.15, 0.2) is 72.1 Å². The molecular weight excluding hydrogens is 355 g/mol. The second-order valence-corrected chi connectivity index (χ2v) is 6.38. The van der Waals surface area contributed by atoms with Gasteiger partial charge < -0.3 is 10.6 Å². The first-order valence-corrected chi connectivity index (χ1v) is 9.09. The predicted molar refractivity (Wildman–Crippen MR) is 113 cm³/mol. The topological polar surface area (TPSA) is 66.4 Å². The number of halogens is 1. The Labute approximate surface area is 165 Å². The number of rotatable bonds is 8. The lowest BCUT2D eigenvalue weighted by atomic mass is 10.0. The fraction of sp³-hybridized carbons (Fsp3) is 0.227. The molecule has 0 aliphatic rings. The molecule has 1 atom stereocenters. The van der Waals surface area contributed by atoms with Crippen LogP contribution in [0, 0.1) is 11.7 Å². The summed E-state index contributed by atoms with van der Waals surface area (Å²) in [4.78, 5) is 21.1. The number of amides is 1. The van der Waals surface area contributed by atoms with Crippen molar-refractivity contribution in [1.82, 2.24) is 4.98 Å². The molecule has 0 aliphatic carbocycles. The number of nitrogens with zero attached hydrogens (tertiary/aromatic N) is 2. The van der Waals surface area contributed by atoms with E-state index in [-0.39, 0.29) is 11.7 Å². The summed E-state index contributed by atoms with van der Waals surface area (Å²) in [6.45, 7) is 9.82. The summed E-state index contributed by atoms with van der Waals surface area (Å²) >= 11 is 0. The zero-order valence-electron chi connectivity index (χ0n) is 16.4. The maximum absolute atomic E-state index is 13.1. The fourth-order valence-corrected chi connectivity index (χ4v) is 2.28. The Bertz CT molecular complexity index is 888. The second kappa shape index (κ2) is 10.2. The van der Waals surface area contributed by atoms with Crippen molar-refractivity contribution in [2.24, 2.45) is 10.9 Å². The molecule has 0 saturated carbocycles. The van der Waals surface area contributed by atoms with Gasteiger partial charge in [-0.3, -0.25) is 14.8 Å². The average molecular weight is 380 g/mol. The van der Waals surface area contributed by atoms with Crippen LogP contribution >= 0.6 is 0 Å². The third-order valence-electron chi connectivity index (χ3n) is 4.41. The van der Waals surface area contributed by atoms with Crippen LogP contribution in [-0.4, -0.2) is 16.6 Å². The van der Waals surface area contributed by atoms with E-state index in [0.717, 1.165) is 12.1 Å². The van der Waals surface area contributed by atoms with Gasteiger partial charge in [0, 0.05) is 23.8 Å². The van der Waals surface area contributed by atoms with Crippen molar-refractivity contribution in [2.75, 3.05) is 10.6 Å². The highest BCUT2D eigenvalue weighted by Gasteiger charge is 2.11. The van der Waals surface area contributed by atoms with E-state index < -0.39 is 0 Å². The number of carbonyl (C=O) groups is 1. The first-order chi connectivity index (χ1) is 13.4. The molecule has 1 heterocycles. The lowest BCUT2D eigenvalue weighted by molar-refractivity contribution is -0.112. The molecule has 6 heteroatoms. The number of aromatic nitrogens is 1. The standard InChI is InChI=1S/C22H25FN4O/c1-5-15(3)16(4)25-13-17(6-2)22(28)27-20-11-12-24-14-21(20)26-19-9-7-18(23)8-10-19/h6-15,26H,2,5H2,1,3-4H3,(H,24,27,28)/b17-13+,25-16?. The van der Waals surface area contributed by atoms with E-state index in [1.54, 1.807) is 30.6 Å². The number of anilines is 3. The van der Waals surface area contributed by atoms with E-state index in [9.17, 15) is 9.18 Å². The van der Waals surface area contributed by atoms with E-state index in [0.29, 0.717) is 28.6 Å². The van der Waals surface area contributed by atoms with Gasteiger partial charge in [-0.2, -0.15) is 0 Å². The molecule has 146 valence electrons. The summed E-state index contributed by atoms with van der Waals surface area (Å²) in [5.74, 6) is -0.305. The van der Waals surface area contributed by atoms with Crippen LogP contribution in [0.25, 0.3) is 0 Å². The van der Waals surface area contributed by atoms with Crippen LogP contribution < -0.4 is 10.6 Å². The zero-order valence-corrected chi connectivity index (χ0v) is 16.4. The van der Waals surface area contributed by atoms with Gasteiger partial charge in [-0.15, -0.1) is 0 Å². The number of pyridine rings is 1. The molecule has 1 aromatic heterocycles. The van der Waals surface area contributed by atoms with Gasteiger partial charge in [0.2, 0.25) is 0 Å².